The fourth-order valence-electron chi connectivity index (χ4n) is 1.78. The van der Waals surface area contributed by atoms with E-state index in [1.54, 1.807) is 31.7 Å². The Hall–Kier alpha value is -2.47. The minimum absolute atomic E-state index is 0.0634. The number of likely N-dealkylation sites (N-methyl/N-ethyl adjacent to an activating group) is 1. The molecular weight excluding hydrogens is 284 g/mol. The van der Waals surface area contributed by atoms with Crippen LogP contribution in [-0.4, -0.2) is 33.0 Å². The highest BCUT2D eigenvalue weighted by atomic mass is 32.2. The lowest BCUT2D eigenvalue weighted by Crippen LogP contribution is -2.23. The molecule has 3 rings (SSSR count). The van der Waals surface area contributed by atoms with Gasteiger partial charge in [-0.25, -0.2) is 9.98 Å². The molecule has 1 aliphatic rings. The van der Waals surface area contributed by atoms with Crippen molar-refractivity contribution < 1.29 is 4.79 Å². The van der Waals surface area contributed by atoms with Crippen molar-refractivity contribution in [2.75, 3.05) is 7.05 Å². The van der Waals surface area contributed by atoms with E-state index >= 15 is 0 Å². The SMILES string of the molecule is CN1C(=O)/C(=C/c2ccncc2)S/C1=N/c1ccccn1. The maximum Gasteiger partial charge on any atom is 0.266 e. The van der Waals surface area contributed by atoms with E-state index < -0.39 is 0 Å². The van der Waals surface area contributed by atoms with Crippen molar-refractivity contribution >= 4 is 34.7 Å². The molecule has 0 N–H and O–H groups in total. The van der Waals surface area contributed by atoms with E-state index in [2.05, 4.69) is 15.0 Å². The van der Waals surface area contributed by atoms with Crippen molar-refractivity contribution in [3.8, 4) is 0 Å². The van der Waals surface area contributed by atoms with Gasteiger partial charge in [-0.15, -0.1) is 0 Å². The normalized spacial score (nSPS) is 18.7. The van der Waals surface area contributed by atoms with Crippen molar-refractivity contribution in [3.63, 3.8) is 0 Å². The lowest BCUT2D eigenvalue weighted by molar-refractivity contribution is -0.121. The molecule has 104 valence electrons. The van der Waals surface area contributed by atoms with Crippen LogP contribution in [0.2, 0.25) is 0 Å². The largest absolute Gasteiger partial charge is 0.289 e. The van der Waals surface area contributed by atoms with Crippen molar-refractivity contribution in [2.45, 2.75) is 0 Å². The first-order valence-corrected chi connectivity index (χ1v) is 7.13. The van der Waals surface area contributed by atoms with Crippen LogP contribution in [0.25, 0.3) is 6.08 Å². The Morgan fingerprint density at radius 2 is 2.00 bits per heavy atom. The third-order valence-corrected chi connectivity index (χ3v) is 3.93. The number of amides is 1. The number of thioether (sulfide) groups is 1. The van der Waals surface area contributed by atoms with Gasteiger partial charge in [-0.2, -0.15) is 0 Å². The van der Waals surface area contributed by atoms with E-state index in [-0.39, 0.29) is 5.91 Å². The molecule has 0 unspecified atom stereocenters. The molecule has 2 aromatic rings. The van der Waals surface area contributed by atoms with Gasteiger partial charge in [0.2, 0.25) is 0 Å². The van der Waals surface area contributed by atoms with Crippen LogP contribution in [0.5, 0.6) is 0 Å². The number of amidine groups is 1. The molecule has 5 nitrogen and oxygen atoms in total. The first-order chi connectivity index (χ1) is 10.2. The number of hydrogen-bond acceptors (Lipinski definition) is 5. The Kier molecular flexibility index (Phi) is 3.79. The van der Waals surface area contributed by atoms with E-state index in [0.717, 1.165) is 5.56 Å². The number of pyridine rings is 2. The minimum atomic E-state index is -0.0634. The van der Waals surface area contributed by atoms with Gasteiger partial charge in [-0.1, -0.05) is 6.07 Å². The predicted molar refractivity (Wildman–Crippen MR) is 83.9 cm³/mol. The van der Waals surface area contributed by atoms with Gasteiger partial charge in [0, 0.05) is 25.6 Å². The van der Waals surface area contributed by atoms with Gasteiger partial charge in [0.1, 0.15) is 0 Å². The van der Waals surface area contributed by atoms with Gasteiger partial charge in [-0.3, -0.25) is 14.7 Å². The Balaban J connectivity index is 1.89. The summed E-state index contributed by atoms with van der Waals surface area (Å²) in [6.07, 6.45) is 6.91. The molecule has 0 spiro atoms. The molecular formula is C15H12N4OS. The summed E-state index contributed by atoms with van der Waals surface area (Å²) in [5.74, 6) is 0.524. The predicted octanol–water partition coefficient (Wildman–Crippen LogP) is 2.71. The maximum atomic E-state index is 12.2. The number of rotatable bonds is 2. The Morgan fingerprint density at radius 3 is 2.71 bits per heavy atom. The van der Waals surface area contributed by atoms with Crippen LogP contribution in [0.1, 0.15) is 5.56 Å². The summed E-state index contributed by atoms with van der Waals surface area (Å²) in [6.45, 7) is 0. The molecule has 0 saturated carbocycles. The number of aliphatic imine (C=N–C) groups is 1. The lowest BCUT2D eigenvalue weighted by Gasteiger charge is -2.06. The van der Waals surface area contributed by atoms with E-state index in [1.165, 1.54) is 16.7 Å². The first kappa shape index (κ1) is 13.5. The molecule has 1 amide bonds. The lowest BCUT2D eigenvalue weighted by atomic mass is 10.2. The summed E-state index contributed by atoms with van der Waals surface area (Å²) < 4.78 is 0. The average Bonchev–Trinajstić information content (AvgIpc) is 2.78. The fourth-order valence-corrected chi connectivity index (χ4v) is 2.76. The molecule has 21 heavy (non-hydrogen) atoms. The van der Waals surface area contributed by atoms with E-state index in [4.69, 9.17) is 0 Å². The molecule has 1 fully saturated rings. The summed E-state index contributed by atoms with van der Waals surface area (Å²) >= 11 is 1.34. The van der Waals surface area contributed by atoms with Crippen LogP contribution in [0, 0.1) is 0 Å². The first-order valence-electron chi connectivity index (χ1n) is 6.31. The van der Waals surface area contributed by atoms with E-state index in [0.29, 0.717) is 15.9 Å². The van der Waals surface area contributed by atoms with Gasteiger partial charge in [0.25, 0.3) is 5.91 Å². The Labute approximate surface area is 126 Å². The number of carbonyl (C=O) groups is 1. The maximum absolute atomic E-state index is 12.2. The van der Waals surface area contributed by atoms with Gasteiger partial charge >= 0.3 is 0 Å². The van der Waals surface area contributed by atoms with Crippen LogP contribution in [0.4, 0.5) is 5.82 Å². The van der Waals surface area contributed by atoms with Gasteiger partial charge in [-0.05, 0) is 47.7 Å². The van der Waals surface area contributed by atoms with Crippen LogP contribution in [0.15, 0.2) is 58.8 Å². The molecule has 0 atom stereocenters. The minimum Gasteiger partial charge on any atom is -0.289 e. The van der Waals surface area contributed by atoms with Crippen LogP contribution in [-0.2, 0) is 4.79 Å². The molecule has 6 heteroatoms. The molecule has 0 aliphatic carbocycles. The van der Waals surface area contributed by atoms with Crippen molar-refractivity contribution in [2.24, 2.45) is 4.99 Å². The van der Waals surface area contributed by atoms with Crippen LogP contribution in [0.3, 0.4) is 0 Å². The number of hydrogen-bond donors (Lipinski definition) is 0. The number of carbonyl (C=O) groups excluding carboxylic acids is 1. The third-order valence-electron chi connectivity index (χ3n) is 2.87. The summed E-state index contributed by atoms with van der Waals surface area (Å²) in [5, 5.41) is 0.624. The van der Waals surface area contributed by atoms with E-state index in [9.17, 15) is 4.79 Å². The quantitative estimate of drug-likeness (QED) is 0.800. The summed E-state index contributed by atoms with van der Waals surface area (Å²) in [6, 6.07) is 9.20. The highest BCUT2D eigenvalue weighted by Gasteiger charge is 2.30. The summed E-state index contributed by atoms with van der Waals surface area (Å²) in [7, 11) is 1.71. The molecule has 3 heterocycles. The van der Waals surface area contributed by atoms with Crippen LogP contribution < -0.4 is 0 Å². The second-order valence-corrected chi connectivity index (χ2v) is 5.35. The fraction of sp³-hybridized carbons (Fsp3) is 0.0667. The van der Waals surface area contributed by atoms with Crippen LogP contribution >= 0.6 is 11.8 Å². The Bertz CT molecular complexity index is 713. The molecule has 1 aliphatic heterocycles. The molecule has 0 radical (unpaired) electrons. The highest BCUT2D eigenvalue weighted by molar-refractivity contribution is 8.18. The second kappa shape index (κ2) is 5.88. The Morgan fingerprint density at radius 1 is 1.19 bits per heavy atom. The monoisotopic (exact) mass is 296 g/mol. The van der Waals surface area contributed by atoms with Crippen molar-refractivity contribution in [1.29, 1.82) is 0 Å². The molecule has 0 aromatic carbocycles. The zero-order chi connectivity index (χ0) is 14.7. The van der Waals surface area contributed by atoms with Gasteiger partial charge < -0.3 is 0 Å². The molecule has 1 saturated heterocycles. The van der Waals surface area contributed by atoms with Gasteiger partial charge in [0.05, 0.1) is 4.91 Å². The highest BCUT2D eigenvalue weighted by Crippen LogP contribution is 2.32. The topological polar surface area (TPSA) is 58.5 Å². The molecule has 0 bridgehead atoms. The average molecular weight is 296 g/mol. The summed E-state index contributed by atoms with van der Waals surface area (Å²) in [4.78, 5) is 26.9. The zero-order valence-corrected chi connectivity index (χ0v) is 12.1. The summed E-state index contributed by atoms with van der Waals surface area (Å²) in [5.41, 5.74) is 0.938. The smallest absolute Gasteiger partial charge is 0.266 e. The van der Waals surface area contributed by atoms with E-state index in [1.807, 2.05) is 30.3 Å². The number of aromatic nitrogens is 2. The van der Waals surface area contributed by atoms with Crippen molar-refractivity contribution in [3.05, 3.63) is 59.4 Å². The molecule has 2 aromatic heterocycles. The van der Waals surface area contributed by atoms with Crippen molar-refractivity contribution in [1.82, 2.24) is 14.9 Å². The van der Waals surface area contributed by atoms with Gasteiger partial charge in [0.15, 0.2) is 11.0 Å². The zero-order valence-electron chi connectivity index (χ0n) is 11.3. The standard InChI is InChI=1S/C15H12N4OS/c1-19-14(20)12(10-11-5-8-16-9-6-11)21-15(19)18-13-4-2-3-7-17-13/h2-10H,1H3/b12-10-,18-15+. The second-order valence-electron chi connectivity index (χ2n) is 4.34. The third kappa shape index (κ3) is 3.00. The number of nitrogens with zero attached hydrogens (tertiary/aromatic N) is 4.